The Morgan fingerprint density at radius 2 is 2.21 bits per heavy atom. The number of carbonyl (C=O) groups is 1. The van der Waals surface area contributed by atoms with Crippen molar-refractivity contribution in [3.63, 3.8) is 0 Å². The molecular formula is C18H26N4OS. The number of thiophene rings is 1. The van der Waals surface area contributed by atoms with Crippen LogP contribution in [0.2, 0.25) is 0 Å². The molecule has 2 atom stereocenters. The first-order valence-corrected chi connectivity index (χ1v) is 9.59. The number of aromatic nitrogens is 2. The average molecular weight is 347 g/mol. The second-order valence-corrected chi connectivity index (χ2v) is 7.91. The van der Waals surface area contributed by atoms with Crippen molar-refractivity contribution >= 4 is 17.2 Å². The van der Waals surface area contributed by atoms with Gasteiger partial charge in [0.25, 0.3) is 5.91 Å². The predicted molar refractivity (Wildman–Crippen MR) is 98.2 cm³/mol. The summed E-state index contributed by atoms with van der Waals surface area (Å²) in [7, 11) is 0. The van der Waals surface area contributed by atoms with E-state index in [-0.39, 0.29) is 5.91 Å². The molecular weight excluding hydrogens is 320 g/mol. The van der Waals surface area contributed by atoms with E-state index in [1.807, 2.05) is 23.6 Å². The van der Waals surface area contributed by atoms with Gasteiger partial charge in [-0.25, -0.2) is 0 Å². The normalized spacial score (nSPS) is 21.8. The minimum atomic E-state index is -0.102. The zero-order valence-corrected chi connectivity index (χ0v) is 15.2. The number of amides is 1. The molecule has 1 amide bonds. The molecule has 0 aromatic carbocycles. The molecule has 5 nitrogen and oxygen atoms in total. The van der Waals surface area contributed by atoms with E-state index in [1.165, 1.54) is 19.5 Å². The molecule has 6 heteroatoms. The molecule has 2 N–H and O–H groups in total. The van der Waals surface area contributed by atoms with Crippen LogP contribution < -0.4 is 5.32 Å². The fourth-order valence-electron chi connectivity index (χ4n) is 3.57. The molecule has 3 rings (SSSR count). The van der Waals surface area contributed by atoms with E-state index in [0.717, 1.165) is 35.4 Å². The molecule has 0 radical (unpaired) electrons. The van der Waals surface area contributed by atoms with E-state index in [1.54, 1.807) is 11.3 Å². The highest BCUT2D eigenvalue weighted by atomic mass is 32.1. The van der Waals surface area contributed by atoms with Gasteiger partial charge in [-0.3, -0.25) is 9.89 Å². The van der Waals surface area contributed by atoms with Gasteiger partial charge in [0.15, 0.2) is 5.69 Å². The van der Waals surface area contributed by atoms with Crippen LogP contribution in [-0.2, 0) is 0 Å². The largest absolute Gasteiger partial charge is 0.351 e. The lowest BCUT2D eigenvalue weighted by Gasteiger charge is -2.34. The number of aromatic amines is 1. The van der Waals surface area contributed by atoms with Crippen molar-refractivity contribution in [3.8, 4) is 10.6 Å². The van der Waals surface area contributed by atoms with E-state index < -0.39 is 0 Å². The van der Waals surface area contributed by atoms with Gasteiger partial charge in [0.05, 0.1) is 10.6 Å². The van der Waals surface area contributed by atoms with Gasteiger partial charge >= 0.3 is 0 Å². The van der Waals surface area contributed by atoms with Gasteiger partial charge in [-0.1, -0.05) is 19.9 Å². The van der Waals surface area contributed by atoms with Gasteiger partial charge in [-0.2, -0.15) is 5.10 Å². The van der Waals surface area contributed by atoms with Crippen LogP contribution in [0.5, 0.6) is 0 Å². The summed E-state index contributed by atoms with van der Waals surface area (Å²) in [6.07, 6.45) is 2.31. The van der Waals surface area contributed by atoms with Crippen LogP contribution in [0, 0.1) is 11.8 Å². The van der Waals surface area contributed by atoms with Crippen molar-refractivity contribution < 1.29 is 4.79 Å². The summed E-state index contributed by atoms with van der Waals surface area (Å²) >= 11 is 1.63. The maximum atomic E-state index is 12.2. The lowest BCUT2D eigenvalue weighted by Crippen LogP contribution is -2.40. The summed E-state index contributed by atoms with van der Waals surface area (Å²) in [5.41, 5.74) is 1.35. The van der Waals surface area contributed by atoms with Gasteiger partial charge in [-0.05, 0) is 48.7 Å². The Bertz CT molecular complexity index is 642. The average Bonchev–Trinajstić information content (AvgIpc) is 3.20. The van der Waals surface area contributed by atoms with Crippen LogP contribution in [0.1, 0.15) is 37.2 Å². The fraction of sp³-hybridized carbons (Fsp3) is 0.556. The fourth-order valence-corrected chi connectivity index (χ4v) is 4.26. The molecule has 2 aromatic rings. The first-order valence-electron chi connectivity index (χ1n) is 8.71. The van der Waals surface area contributed by atoms with E-state index in [9.17, 15) is 4.79 Å². The summed E-state index contributed by atoms with van der Waals surface area (Å²) in [6, 6.07) is 5.82. The van der Waals surface area contributed by atoms with E-state index in [0.29, 0.717) is 12.2 Å². The Hall–Kier alpha value is -1.66. The third-order valence-electron chi connectivity index (χ3n) is 4.48. The Morgan fingerprint density at radius 3 is 2.92 bits per heavy atom. The quantitative estimate of drug-likeness (QED) is 0.790. The summed E-state index contributed by atoms with van der Waals surface area (Å²) in [4.78, 5) is 15.8. The van der Waals surface area contributed by atoms with Gasteiger partial charge in [0, 0.05) is 19.6 Å². The molecule has 24 heavy (non-hydrogen) atoms. The number of rotatable bonds is 6. The van der Waals surface area contributed by atoms with Crippen LogP contribution in [0.4, 0.5) is 0 Å². The zero-order chi connectivity index (χ0) is 16.9. The second kappa shape index (κ2) is 7.94. The van der Waals surface area contributed by atoms with Crippen molar-refractivity contribution in [2.45, 2.75) is 26.7 Å². The molecule has 1 aliphatic rings. The summed E-state index contributed by atoms with van der Waals surface area (Å²) in [5.74, 6) is 1.46. The monoisotopic (exact) mass is 346 g/mol. The molecule has 1 fully saturated rings. The van der Waals surface area contributed by atoms with Crippen molar-refractivity contribution in [1.29, 1.82) is 0 Å². The number of hydrogen-bond donors (Lipinski definition) is 2. The first kappa shape index (κ1) is 17.2. The van der Waals surface area contributed by atoms with E-state index in [2.05, 4.69) is 34.3 Å². The minimum Gasteiger partial charge on any atom is -0.351 e. The molecule has 0 saturated carbocycles. The van der Waals surface area contributed by atoms with Gasteiger partial charge in [-0.15, -0.1) is 11.3 Å². The van der Waals surface area contributed by atoms with Gasteiger partial charge in [0.2, 0.25) is 0 Å². The van der Waals surface area contributed by atoms with Crippen LogP contribution in [0.15, 0.2) is 23.6 Å². The van der Waals surface area contributed by atoms with E-state index in [4.69, 9.17) is 0 Å². The molecule has 1 aliphatic heterocycles. The Labute approximate surface area is 147 Å². The van der Waals surface area contributed by atoms with Crippen LogP contribution >= 0.6 is 11.3 Å². The summed E-state index contributed by atoms with van der Waals surface area (Å²) < 4.78 is 0. The molecule has 0 aliphatic carbocycles. The molecule has 0 bridgehead atoms. The SMILES string of the molecule is CC1CC(C)CN(CCCNC(=O)c2cc(-c3cccs3)[nH]n2)C1. The lowest BCUT2D eigenvalue weighted by molar-refractivity contribution is 0.0942. The third kappa shape index (κ3) is 4.45. The standard InChI is InChI=1S/C18H26N4OS/c1-13-9-14(2)12-22(11-13)7-4-6-19-18(23)16-10-15(20-21-16)17-5-3-8-24-17/h3,5,8,10,13-14H,4,6-7,9,11-12H2,1-2H3,(H,19,23)(H,20,21). The number of nitrogens with one attached hydrogen (secondary N) is 2. The maximum Gasteiger partial charge on any atom is 0.271 e. The number of H-pyrrole nitrogens is 1. The lowest BCUT2D eigenvalue weighted by atomic mass is 9.92. The van der Waals surface area contributed by atoms with E-state index >= 15 is 0 Å². The molecule has 3 heterocycles. The van der Waals surface area contributed by atoms with Crippen molar-refractivity contribution in [2.75, 3.05) is 26.2 Å². The molecule has 0 spiro atoms. The van der Waals surface area contributed by atoms with Crippen molar-refractivity contribution in [1.82, 2.24) is 20.4 Å². The summed E-state index contributed by atoms with van der Waals surface area (Å²) in [6.45, 7) is 8.76. The minimum absolute atomic E-state index is 0.102. The van der Waals surface area contributed by atoms with Gasteiger partial charge < -0.3 is 10.2 Å². The van der Waals surface area contributed by atoms with Crippen LogP contribution in [-0.4, -0.2) is 47.2 Å². The number of piperidine rings is 1. The highest BCUT2D eigenvalue weighted by Crippen LogP contribution is 2.23. The smallest absolute Gasteiger partial charge is 0.271 e. The maximum absolute atomic E-state index is 12.2. The highest BCUT2D eigenvalue weighted by Gasteiger charge is 2.21. The topological polar surface area (TPSA) is 61.0 Å². The number of nitrogens with zero attached hydrogens (tertiary/aromatic N) is 2. The Morgan fingerprint density at radius 1 is 1.42 bits per heavy atom. The Balaban J connectivity index is 1.41. The third-order valence-corrected chi connectivity index (χ3v) is 5.38. The van der Waals surface area contributed by atoms with Gasteiger partial charge in [0.1, 0.15) is 0 Å². The molecule has 2 unspecified atom stereocenters. The molecule has 130 valence electrons. The molecule has 1 saturated heterocycles. The number of likely N-dealkylation sites (tertiary alicyclic amines) is 1. The van der Waals surface area contributed by atoms with Crippen molar-refractivity contribution in [2.24, 2.45) is 11.8 Å². The Kier molecular flexibility index (Phi) is 5.68. The van der Waals surface area contributed by atoms with Crippen molar-refractivity contribution in [3.05, 3.63) is 29.3 Å². The number of hydrogen-bond acceptors (Lipinski definition) is 4. The number of carbonyl (C=O) groups excluding carboxylic acids is 1. The summed E-state index contributed by atoms with van der Waals surface area (Å²) in [5, 5.41) is 12.0. The predicted octanol–water partition coefficient (Wildman–Crippen LogP) is 3.24. The van der Waals surface area contributed by atoms with Crippen LogP contribution in [0.25, 0.3) is 10.6 Å². The van der Waals surface area contributed by atoms with Crippen LogP contribution in [0.3, 0.4) is 0 Å². The highest BCUT2D eigenvalue weighted by molar-refractivity contribution is 7.13. The second-order valence-electron chi connectivity index (χ2n) is 6.96. The zero-order valence-electron chi connectivity index (χ0n) is 14.4. The first-order chi connectivity index (χ1) is 11.6. The molecule has 2 aromatic heterocycles.